The summed E-state index contributed by atoms with van der Waals surface area (Å²) in [4.78, 5) is 4.78. The standard InChI is InChI=1S/C18H23N3O/c1-12-4-2-6-14(10-12)18(8-9-18)17-20-16(22-21-17)13-5-3-7-15(19)11-13/h2,4,6,10,13,15H,3,5,7-9,11,19H2,1H3/t13-,15+/m1/s1. The van der Waals surface area contributed by atoms with Gasteiger partial charge in [0.1, 0.15) is 0 Å². The summed E-state index contributed by atoms with van der Waals surface area (Å²) in [5, 5.41) is 4.33. The maximum Gasteiger partial charge on any atom is 0.229 e. The van der Waals surface area contributed by atoms with E-state index >= 15 is 0 Å². The van der Waals surface area contributed by atoms with E-state index in [1.54, 1.807) is 0 Å². The highest BCUT2D eigenvalue weighted by Crippen LogP contribution is 2.52. The van der Waals surface area contributed by atoms with Crippen molar-refractivity contribution in [2.45, 2.75) is 62.8 Å². The molecule has 2 aromatic rings. The van der Waals surface area contributed by atoms with E-state index in [9.17, 15) is 0 Å². The fraction of sp³-hybridized carbons (Fsp3) is 0.556. The summed E-state index contributed by atoms with van der Waals surface area (Å²) < 4.78 is 5.61. The van der Waals surface area contributed by atoms with Gasteiger partial charge in [0.2, 0.25) is 5.89 Å². The van der Waals surface area contributed by atoms with Crippen LogP contribution in [0.15, 0.2) is 28.8 Å². The van der Waals surface area contributed by atoms with Crippen LogP contribution in [-0.2, 0) is 5.41 Å². The first kappa shape index (κ1) is 13.9. The van der Waals surface area contributed by atoms with Crippen molar-refractivity contribution in [2.75, 3.05) is 0 Å². The lowest BCUT2D eigenvalue weighted by atomic mass is 9.86. The van der Waals surface area contributed by atoms with E-state index in [1.807, 2.05) is 0 Å². The van der Waals surface area contributed by atoms with Crippen LogP contribution in [0.3, 0.4) is 0 Å². The number of hydrogen-bond acceptors (Lipinski definition) is 4. The molecule has 2 fully saturated rings. The van der Waals surface area contributed by atoms with Crippen LogP contribution < -0.4 is 5.73 Å². The van der Waals surface area contributed by atoms with Crippen LogP contribution >= 0.6 is 0 Å². The summed E-state index contributed by atoms with van der Waals surface area (Å²) in [5.41, 5.74) is 8.68. The molecule has 22 heavy (non-hydrogen) atoms. The zero-order valence-corrected chi connectivity index (χ0v) is 13.1. The molecule has 2 aliphatic carbocycles. The van der Waals surface area contributed by atoms with Gasteiger partial charge < -0.3 is 10.3 Å². The Morgan fingerprint density at radius 2 is 2.14 bits per heavy atom. The van der Waals surface area contributed by atoms with Gasteiger partial charge in [-0.1, -0.05) is 41.4 Å². The topological polar surface area (TPSA) is 64.9 Å². The Kier molecular flexibility index (Phi) is 3.30. The maximum absolute atomic E-state index is 6.09. The van der Waals surface area contributed by atoms with Crippen LogP contribution in [0.5, 0.6) is 0 Å². The third-order valence-corrected chi connectivity index (χ3v) is 5.25. The Hall–Kier alpha value is -1.68. The van der Waals surface area contributed by atoms with Crippen molar-refractivity contribution in [3.05, 3.63) is 47.1 Å². The van der Waals surface area contributed by atoms with Gasteiger partial charge in [-0.25, -0.2) is 0 Å². The molecule has 0 bridgehead atoms. The van der Waals surface area contributed by atoms with Gasteiger partial charge in [-0.3, -0.25) is 0 Å². The predicted octanol–water partition coefficient (Wildman–Crippen LogP) is 3.44. The van der Waals surface area contributed by atoms with Crippen LogP contribution in [0.4, 0.5) is 0 Å². The molecule has 1 heterocycles. The average Bonchev–Trinajstić information content (AvgIpc) is 3.18. The van der Waals surface area contributed by atoms with Crippen molar-refractivity contribution in [3.8, 4) is 0 Å². The average molecular weight is 297 g/mol. The summed E-state index contributed by atoms with van der Waals surface area (Å²) >= 11 is 0. The van der Waals surface area contributed by atoms with Crippen molar-refractivity contribution in [1.29, 1.82) is 0 Å². The van der Waals surface area contributed by atoms with Gasteiger partial charge in [0.05, 0.1) is 5.41 Å². The van der Waals surface area contributed by atoms with E-state index in [0.717, 1.165) is 50.2 Å². The Morgan fingerprint density at radius 3 is 2.86 bits per heavy atom. The quantitative estimate of drug-likeness (QED) is 0.942. The molecule has 4 nitrogen and oxygen atoms in total. The van der Waals surface area contributed by atoms with E-state index in [0.29, 0.717) is 5.92 Å². The Balaban J connectivity index is 1.61. The maximum atomic E-state index is 6.09. The lowest BCUT2D eigenvalue weighted by Crippen LogP contribution is -2.27. The molecule has 116 valence electrons. The minimum atomic E-state index is -0.00937. The van der Waals surface area contributed by atoms with E-state index in [2.05, 4.69) is 36.3 Å². The molecular weight excluding hydrogens is 274 g/mol. The summed E-state index contributed by atoms with van der Waals surface area (Å²) in [6.45, 7) is 2.13. The number of rotatable bonds is 3. The molecule has 4 heteroatoms. The molecule has 0 radical (unpaired) electrons. The van der Waals surface area contributed by atoms with Gasteiger partial charge in [-0.2, -0.15) is 4.98 Å². The normalized spacial score (nSPS) is 26.8. The second-order valence-corrected chi connectivity index (χ2v) is 7.03. The smallest absolute Gasteiger partial charge is 0.229 e. The third kappa shape index (κ3) is 2.35. The van der Waals surface area contributed by atoms with Crippen LogP contribution in [0.1, 0.15) is 67.3 Å². The highest BCUT2D eigenvalue weighted by molar-refractivity contribution is 5.40. The number of nitrogens with zero attached hydrogens (tertiary/aromatic N) is 2. The van der Waals surface area contributed by atoms with Crippen LogP contribution in [-0.4, -0.2) is 16.2 Å². The van der Waals surface area contributed by atoms with E-state index in [4.69, 9.17) is 15.2 Å². The van der Waals surface area contributed by atoms with E-state index in [-0.39, 0.29) is 11.5 Å². The zero-order chi connectivity index (χ0) is 15.2. The van der Waals surface area contributed by atoms with Gasteiger partial charge in [0, 0.05) is 12.0 Å². The zero-order valence-electron chi connectivity index (χ0n) is 13.1. The second kappa shape index (κ2) is 5.20. The van der Waals surface area contributed by atoms with Crippen molar-refractivity contribution in [2.24, 2.45) is 5.73 Å². The number of aromatic nitrogens is 2. The summed E-state index contributed by atoms with van der Waals surface area (Å²) in [7, 11) is 0. The summed E-state index contributed by atoms with van der Waals surface area (Å²) in [5.74, 6) is 2.01. The van der Waals surface area contributed by atoms with E-state index in [1.165, 1.54) is 11.1 Å². The Labute approximate surface area is 131 Å². The summed E-state index contributed by atoms with van der Waals surface area (Å²) in [6, 6.07) is 8.96. The van der Waals surface area contributed by atoms with Crippen molar-refractivity contribution >= 4 is 0 Å². The fourth-order valence-corrected chi connectivity index (χ4v) is 3.76. The monoisotopic (exact) mass is 297 g/mol. The fourth-order valence-electron chi connectivity index (χ4n) is 3.76. The highest BCUT2D eigenvalue weighted by Gasteiger charge is 2.50. The van der Waals surface area contributed by atoms with Gasteiger partial charge in [-0.15, -0.1) is 0 Å². The Bertz CT molecular complexity index is 674. The SMILES string of the molecule is Cc1cccc(C2(c3noc([C@@H]4CCC[C@H](N)C4)n3)CC2)c1. The van der Waals surface area contributed by atoms with Crippen LogP contribution in [0.2, 0.25) is 0 Å². The van der Waals surface area contributed by atoms with E-state index < -0.39 is 0 Å². The van der Waals surface area contributed by atoms with Crippen LogP contribution in [0.25, 0.3) is 0 Å². The van der Waals surface area contributed by atoms with Crippen LogP contribution in [0, 0.1) is 6.92 Å². The predicted molar refractivity (Wildman–Crippen MR) is 84.7 cm³/mol. The lowest BCUT2D eigenvalue weighted by Gasteiger charge is -2.23. The molecule has 2 N–H and O–H groups in total. The molecule has 2 saturated carbocycles. The number of nitrogens with two attached hydrogens (primary N) is 1. The van der Waals surface area contributed by atoms with Gasteiger partial charge in [0.25, 0.3) is 0 Å². The molecule has 1 aromatic carbocycles. The molecule has 2 atom stereocenters. The van der Waals surface area contributed by atoms with Gasteiger partial charge in [0.15, 0.2) is 5.82 Å². The molecule has 0 amide bonds. The molecule has 1 aromatic heterocycles. The van der Waals surface area contributed by atoms with Crippen molar-refractivity contribution < 1.29 is 4.52 Å². The number of aryl methyl sites for hydroxylation is 1. The molecule has 0 saturated heterocycles. The largest absolute Gasteiger partial charge is 0.339 e. The lowest BCUT2D eigenvalue weighted by molar-refractivity contribution is 0.297. The molecule has 0 spiro atoms. The second-order valence-electron chi connectivity index (χ2n) is 7.03. The first-order valence-corrected chi connectivity index (χ1v) is 8.34. The highest BCUT2D eigenvalue weighted by atomic mass is 16.5. The summed E-state index contributed by atoms with van der Waals surface area (Å²) in [6.07, 6.45) is 6.59. The first-order valence-electron chi connectivity index (χ1n) is 8.34. The molecule has 0 unspecified atom stereocenters. The van der Waals surface area contributed by atoms with Gasteiger partial charge in [-0.05, 0) is 44.6 Å². The number of benzene rings is 1. The Morgan fingerprint density at radius 1 is 1.27 bits per heavy atom. The van der Waals surface area contributed by atoms with Gasteiger partial charge >= 0.3 is 0 Å². The first-order chi connectivity index (χ1) is 10.7. The molecule has 2 aliphatic rings. The minimum absolute atomic E-state index is 0.00937. The molecule has 4 rings (SSSR count). The minimum Gasteiger partial charge on any atom is -0.339 e. The van der Waals surface area contributed by atoms with Crippen molar-refractivity contribution in [3.63, 3.8) is 0 Å². The molecular formula is C18H23N3O. The number of hydrogen-bond donors (Lipinski definition) is 1. The molecule has 0 aliphatic heterocycles. The van der Waals surface area contributed by atoms with Crippen molar-refractivity contribution in [1.82, 2.24) is 10.1 Å². The third-order valence-electron chi connectivity index (χ3n) is 5.25.